The monoisotopic (exact) mass is 485 g/mol. The summed E-state index contributed by atoms with van der Waals surface area (Å²) in [5.74, 6) is -0.178. The van der Waals surface area contributed by atoms with Crippen molar-refractivity contribution in [1.29, 1.82) is 0 Å². The van der Waals surface area contributed by atoms with Gasteiger partial charge in [0.2, 0.25) is 15.7 Å². The van der Waals surface area contributed by atoms with E-state index in [4.69, 9.17) is 0 Å². The lowest BCUT2D eigenvalue weighted by atomic mass is 10.1. The Labute approximate surface area is 198 Å². The number of nitrogens with one attached hydrogen (secondary N) is 2. The van der Waals surface area contributed by atoms with Gasteiger partial charge in [0.05, 0.1) is 16.8 Å². The quantitative estimate of drug-likeness (QED) is 0.335. The van der Waals surface area contributed by atoms with Gasteiger partial charge in [0, 0.05) is 6.54 Å². The molecule has 0 fully saturated rings. The molecule has 0 bridgehead atoms. The zero-order valence-corrected chi connectivity index (χ0v) is 20.3. The number of rotatable bonds is 10. The van der Waals surface area contributed by atoms with Crippen LogP contribution < -0.4 is 10.9 Å². The maximum absolute atomic E-state index is 12.9. The van der Waals surface area contributed by atoms with E-state index in [1.807, 2.05) is 31.2 Å². The van der Waals surface area contributed by atoms with Crippen molar-refractivity contribution in [2.24, 2.45) is 0 Å². The van der Waals surface area contributed by atoms with Crippen LogP contribution in [0, 0.1) is 6.92 Å². The molecule has 1 aromatic heterocycles. The number of benzene rings is 2. The van der Waals surface area contributed by atoms with Crippen molar-refractivity contribution in [2.45, 2.75) is 54.6 Å². The van der Waals surface area contributed by atoms with Crippen molar-refractivity contribution < 1.29 is 13.2 Å². The molecule has 3 rings (SSSR count). The molecule has 1 heterocycles. The minimum Gasteiger partial charge on any atom is -0.351 e. The van der Waals surface area contributed by atoms with Gasteiger partial charge in [-0.2, -0.15) is 0 Å². The summed E-state index contributed by atoms with van der Waals surface area (Å²) >= 11 is 1.03. The van der Waals surface area contributed by atoms with Gasteiger partial charge in [-0.3, -0.25) is 9.59 Å². The minimum absolute atomic E-state index is 0.0418. The highest BCUT2D eigenvalue weighted by Gasteiger charge is 2.22. The van der Waals surface area contributed by atoms with Gasteiger partial charge in [0.15, 0.2) is 10.1 Å². The van der Waals surface area contributed by atoms with Crippen LogP contribution in [0.5, 0.6) is 0 Å². The lowest BCUT2D eigenvalue weighted by molar-refractivity contribution is -0.118. The molecule has 0 aliphatic heterocycles. The van der Waals surface area contributed by atoms with Crippen LogP contribution >= 0.6 is 11.8 Å². The summed E-state index contributed by atoms with van der Waals surface area (Å²) in [7, 11) is -3.99. The summed E-state index contributed by atoms with van der Waals surface area (Å²) in [5.41, 5.74) is 2.42. The summed E-state index contributed by atoms with van der Waals surface area (Å²) in [4.78, 5) is 30.7. The molecule has 174 valence electrons. The first kappa shape index (κ1) is 24.7. The number of hydrogen-bond acceptors (Lipinski definition) is 6. The van der Waals surface area contributed by atoms with Crippen molar-refractivity contribution in [3.8, 4) is 0 Å². The molecule has 9 heteroatoms. The zero-order chi connectivity index (χ0) is 23.8. The normalized spacial score (nSPS) is 11.3. The van der Waals surface area contributed by atoms with E-state index in [2.05, 4.69) is 22.2 Å². The molecule has 0 spiro atoms. The maximum atomic E-state index is 12.9. The van der Waals surface area contributed by atoms with Crippen LogP contribution in [0.2, 0.25) is 0 Å². The molecule has 0 saturated carbocycles. The fourth-order valence-electron chi connectivity index (χ4n) is 3.07. The third-order valence-corrected chi connectivity index (χ3v) is 7.69. The second-order valence-corrected chi connectivity index (χ2v) is 10.6. The Bertz CT molecular complexity index is 1250. The van der Waals surface area contributed by atoms with Crippen LogP contribution in [0.3, 0.4) is 0 Å². The fraction of sp³-hybridized carbons (Fsp3) is 0.292. The third kappa shape index (κ3) is 6.79. The molecular weight excluding hydrogens is 458 g/mol. The van der Waals surface area contributed by atoms with Crippen LogP contribution in [0.25, 0.3) is 0 Å². The summed E-state index contributed by atoms with van der Waals surface area (Å²) in [6.45, 7) is 4.49. The number of sulfone groups is 1. The first-order chi connectivity index (χ1) is 15.8. The van der Waals surface area contributed by atoms with Gasteiger partial charge >= 0.3 is 0 Å². The number of aromatic nitrogens is 2. The van der Waals surface area contributed by atoms with Crippen molar-refractivity contribution in [3.05, 3.63) is 81.8 Å². The average Bonchev–Trinajstić information content (AvgIpc) is 2.81. The van der Waals surface area contributed by atoms with Gasteiger partial charge in [0.25, 0.3) is 5.56 Å². The SMILES string of the molecule is CCCCc1ccc(S(=O)(=O)c2cnc(SCC(=O)NCc3ccc(C)cc3)[nH]c2=O)cc1. The van der Waals surface area contributed by atoms with Crippen molar-refractivity contribution in [2.75, 3.05) is 5.75 Å². The number of nitrogens with zero attached hydrogens (tertiary/aromatic N) is 1. The van der Waals surface area contributed by atoms with Gasteiger partial charge < -0.3 is 10.3 Å². The summed E-state index contributed by atoms with van der Waals surface area (Å²) < 4.78 is 25.7. The number of thioether (sulfide) groups is 1. The Hall–Kier alpha value is -2.91. The van der Waals surface area contributed by atoms with E-state index >= 15 is 0 Å². The van der Waals surface area contributed by atoms with Crippen LogP contribution in [-0.4, -0.2) is 30.0 Å². The molecule has 0 radical (unpaired) electrons. The van der Waals surface area contributed by atoms with Crippen molar-refractivity contribution in [1.82, 2.24) is 15.3 Å². The standard InChI is InChI=1S/C24H27N3O4S2/c1-3-4-5-18-10-12-20(13-11-18)33(30,31)21-15-26-24(27-23(21)29)32-16-22(28)25-14-19-8-6-17(2)7-9-19/h6-13,15H,3-5,14,16H2,1-2H3,(H,25,28)(H,26,27,29). The second kappa shape index (κ2) is 11.3. The summed E-state index contributed by atoms with van der Waals surface area (Å²) in [6, 6.07) is 14.4. The van der Waals surface area contributed by atoms with E-state index in [9.17, 15) is 18.0 Å². The average molecular weight is 486 g/mol. The van der Waals surface area contributed by atoms with Crippen LogP contribution in [0.1, 0.15) is 36.5 Å². The lowest BCUT2D eigenvalue weighted by Crippen LogP contribution is -2.25. The molecule has 0 aliphatic rings. The molecule has 0 saturated heterocycles. The van der Waals surface area contributed by atoms with Crippen molar-refractivity contribution >= 4 is 27.5 Å². The molecule has 2 N–H and O–H groups in total. The van der Waals surface area contributed by atoms with Gasteiger partial charge in [0.1, 0.15) is 0 Å². The first-order valence-electron chi connectivity index (χ1n) is 10.7. The van der Waals surface area contributed by atoms with E-state index in [1.165, 1.54) is 12.1 Å². The van der Waals surface area contributed by atoms with E-state index in [-0.39, 0.29) is 21.7 Å². The minimum atomic E-state index is -3.99. The molecule has 0 unspecified atom stereocenters. The molecular formula is C24H27N3O4S2. The number of carbonyl (C=O) groups excluding carboxylic acids is 1. The molecule has 33 heavy (non-hydrogen) atoms. The highest BCUT2D eigenvalue weighted by molar-refractivity contribution is 7.99. The highest BCUT2D eigenvalue weighted by atomic mass is 32.2. The number of hydrogen-bond donors (Lipinski definition) is 2. The Morgan fingerprint density at radius 1 is 1.06 bits per heavy atom. The second-order valence-electron chi connectivity index (χ2n) is 7.68. The maximum Gasteiger partial charge on any atom is 0.270 e. The number of carbonyl (C=O) groups is 1. The van der Waals surface area contributed by atoms with Gasteiger partial charge in [-0.1, -0.05) is 67.1 Å². The lowest BCUT2D eigenvalue weighted by Gasteiger charge is -2.07. The van der Waals surface area contributed by atoms with Gasteiger partial charge in [-0.25, -0.2) is 13.4 Å². The number of aryl methyl sites for hydroxylation is 2. The topological polar surface area (TPSA) is 109 Å². The predicted octanol–water partition coefficient (Wildman–Crippen LogP) is 3.66. The number of unbranched alkanes of at least 4 members (excludes halogenated alkanes) is 1. The largest absolute Gasteiger partial charge is 0.351 e. The smallest absolute Gasteiger partial charge is 0.270 e. The number of H-pyrrole nitrogens is 1. The Kier molecular flexibility index (Phi) is 8.46. The summed E-state index contributed by atoms with van der Waals surface area (Å²) in [5, 5.41) is 2.98. The summed E-state index contributed by atoms with van der Waals surface area (Å²) in [6.07, 6.45) is 4.01. The van der Waals surface area contributed by atoms with E-state index in [0.717, 1.165) is 53.9 Å². The van der Waals surface area contributed by atoms with Gasteiger partial charge in [-0.05, 0) is 43.0 Å². The van der Waals surface area contributed by atoms with Crippen molar-refractivity contribution in [3.63, 3.8) is 0 Å². The van der Waals surface area contributed by atoms with Crippen LogP contribution in [0.15, 0.2) is 74.5 Å². The third-order valence-electron chi connectivity index (χ3n) is 5.04. The predicted molar refractivity (Wildman–Crippen MR) is 129 cm³/mol. The molecule has 7 nitrogen and oxygen atoms in total. The Balaban J connectivity index is 1.61. The van der Waals surface area contributed by atoms with E-state index in [0.29, 0.717) is 6.54 Å². The van der Waals surface area contributed by atoms with E-state index in [1.54, 1.807) is 12.1 Å². The zero-order valence-electron chi connectivity index (χ0n) is 18.6. The van der Waals surface area contributed by atoms with Crippen LogP contribution in [-0.2, 0) is 27.6 Å². The highest BCUT2D eigenvalue weighted by Crippen LogP contribution is 2.20. The molecule has 0 aliphatic carbocycles. The molecule has 1 amide bonds. The van der Waals surface area contributed by atoms with Gasteiger partial charge in [-0.15, -0.1) is 0 Å². The molecule has 2 aromatic carbocycles. The first-order valence-corrected chi connectivity index (χ1v) is 13.1. The number of amides is 1. The Morgan fingerprint density at radius 3 is 2.36 bits per heavy atom. The van der Waals surface area contributed by atoms with E-state index < -0.39 is 20.3 Å². The molecule has 0 atom stereocenters. The number of aromatic amines is 1. The Morgan fingerprint density at radius 2 is 1.73 bits per heavy atom. The fourth-order valence-corrected chi connectivity index (χ4v) is 4.96. The van der Waals surface area contributed by atoms with Crippen LogP contribution in [0.4, 0.5) is 0 Å². The molecule has 3 aromatic rings.